The maximum absolute atomic E-state index is 3.58. The van der Waals surface area contributed by atoms with Crippen molar-refractivity contribution in [2.24, 2.45) is 5.92 Å². The Morgan fingerprint density at radius 1 is 1.29 bits per heavy atom. The predicted octanol–water partition coefficient (Wildman–Crippen LogP) is 3.89. The van der Waals surface area contributed by atoms with Crippen LogP contribution in [0, 0.1) is 19.8 Å². The number of benzene rings is 1. The van der Waals surface area contributed by atoms with E-state index in [0.29, 0.717) is 0 Å². The molecular weight excluding hydrogens is 238 g/mol. The van der Waals surface area contributed by atoms with Crippen LogP contribution in [0.1, 0.15) is 24.0 Å². The summed E-state index contributed by atoms with van der Waals surface area (Å²) in [6.07, 6.45) is 2.81. The van der Waals surface area contributed by atoms with Crippen molar-refractivity contribution in [3.05, 3.63) is 27.7 Å². The second-order valence-corrected chi connectivity index (χ2v) is 5.04. The molecule has 1 fully saturated rings. The van der Waals surface area contributed by atoms with Crippen molar-refractivity contribution < 1.29 is 0 Å². The molecule has 14 heavy (non-hydrogen) atoms. The average Bonchev–Trinajstić information content (AvgIpc) is 2.94. The highest BCUT2D eigenvalue weighted by atomic mass is 79.9. The third-order valence-corrected chi connectivity index (χ3v) is 3.98. The quantitative estimate of drug-likeness (QED) is 0.862. The molecule has 0 aliphatic heterocycles. The van der Waals surface area contributed by atoms with Crippen LogP contribution in [0.2, 0.25) is 0 Å². The zero-order chi connectivity index (χ0) is 10.1. The van der Waals surface area contributed by atoms with Gasteiger partial charge in [0.2, 0.25) is 0 Å². The molecule has 0 unspecified atom stereocenters. The molecule has 76 valence electrons. The Morgan fingerprint density at radius 2 is 1.86 bits per heavy atom. The summed E-state index contributed by atoms with van der Waals surface area (Å²) in [4.78, 5) is 0. The molecule has 2 rings (SSSR count). The number of hydrogen-bond acceptors (Lipinski definition) is 1. The second kappa shape index (κ2) is 3.93. The summed E-state index contributed by atoms with van der Waals surface area (Å²) in [6, 6.07) is 4.42. The highest BCUT2D eigenvalue weighted by molar-refractivity contribution is 9.10. The largest absolute Gasteiger partial charge is 0.385 e. The van der Waals surface area contributed by atoms with Crippen LogP contribution < -0.4 is 5.32 Å². The van der Waals surface area contributed by atoms with Crippen LogP contribution in [-0.2, 0) is 0 Å². The van der Waals surface area contributed by atoms with Crippen molar-refractivity contribution in [2.45, 2.75) is 26.7 Å². The van der Waals surface area contributed by atoms with Crippen molar-refractivity contribution in [3.63, 3.8) is 0 Å². The van der Waals surface area contributed by atoms with Crippen LogP contribution in [0.15, 0.2) is 16.6 Å². The first kappa shape index (κ1) is 10.0. The number of aryl methyl sites for hydroxylation is 2. The smallest absolute Gasteiger partial charge is 0.0346 e. The van der Waals surface area contributed by atoms with E-state index >= 15 is 0 Å². The molecule has 1 aromatic rings. The summed E-state index contributed by atoms with van der Waals surface area (Å²) in [5.74, 6) is 0.930. The number of hydrogen-bond donors (Lipinski definition) is 1. The van der Waals surface area contributed by atoms with Gasteiger partial charge in [-0.15, -0.1) is 0 Å². The number of nitrogens with one attached hydrogen (secondary N) is 1. The van der Waals surface area contributed by atoms with Gasteiger partial charge in [0.25, 0.3) is 0 Å². The molecule has 0 bridgehead atoms. The van der Waals surface area contributed by atoms with Gasteiger partial charge in [0.05, 0.1) is 0 Å². The van der Waals surface area contributed by atoms with Crippen molar-refractivity contribution >= 4 is 21.6 Å². The van der Waals surface area contributed by atoms with E-state index in [4.69, 9.17) is 0 Å². The molecule has 1 aliphatic carbocycles. The maximum atomic E-state index is 3.58. The summed E-state index contributed by atoms with van der Waals surface area (Å²) in [5, 5.41) is 3.49. The van der Waals surface area contributed by atoms with Crippen molar-refractivity contribution in [1.29, 1.82) is 0 Å². The predicted molar refractivity (Wildman–Crippen MR) is 64.8 cm³/mol. The molecule has 0 amide bonds. The van der Waals surface area contributed by atoms with E-state index in [0.717, 1.165) is 12.5 Å². The molecule has 2 heteroatoms. The highest BCUT2D eigenvalue weighted by Gasteiger charge is 2.20. The summed E-state index contributed by atoms with van der Waals surface area (Å²) in [6.45, 7) is 5.42. The van der Waals surface area contributed by atoms with Gasteiger partial charge in [-0.1, -0.05) is 15.9 Å². The van der Waals surface area contributed by atoms with E-state index in [-0.39, 0.29) is 0 Å². The molecule has 1 saturated carbocycles. The van der Waals surface area contributed by atoms with Crippen LogP contribution in [0.25, 0.3) is 0 Å². The lowest BCUT2D eigenvalue weighted by molar-refractivity contribution is 0.889. The molecular formula is C12H16BrN. The van der Waals surface area contributed by atoms with Gasteiger partial charge >= 0.3 is 0 Å². The first-order valence-corrected chi connectivity index (χ1v) is 5.96. The van der Waals surface area contributed by atoms with E-state index in [2.05, 4.69) is 47.2 Å². The van der Waals surface area contributed by atoms with Crippen molar-refractivity contribution in [2.75, 3.05) is 11.9 Å². The Labute approximate surface area is 94.0 Å². The monoisotopic (exact) mass is 253 g/mol. The molecule has 0 atom stereocenters. The summed E-state index contributed by atoms with van der Waals surface area (Å²) < 4.78 is 1.23. The highest BCUT2D eigenvalue weighted by Crippen LogP contribution is 2.30. The molecule has 1 aliphatic rings. The van der Waals surface area contributed by atoms with E-state index < -0.39 is 0 Å². The fourth-order valence-corrected chi connectivity index (χ4v) is 1.86. The average molecular weight is 254 g/mol. The Morgan fingerprint density at radius 3 is 2.36 bits per heavy atom. The number of anilines is 1. The van der Waals surface area contributed by atoms with Crippen LogP contribution in [-0.4, -0.2) is 6.54 Å². The minimum atomic E-state index is 0.930. The van der Waals surface area contributed by atoms with Gasteiger partial charge in [0.15, 0.2) is 0 Å². The summed E-state index contributed by atoms with van der Waals surface area (Å²) in [7, 11) is 0. The minimum absolute atomic E-state index is 0.930. The van der Waals surface area contributed by atoms with Gasteiger partial charge in [0.1, 0.15) is 0 Å². The zero-order valence-corrected chi connectivity index (χ0v) is 10.3. The van der Waals surface area contributed by atoms with Crippen molar-refractivity contribution in [1.82, 2.24) is 0 Å². The Hall–Kier alpha value is -0.500. The Bertz CT molecular complexity index is 319. The maximum Gasteiger partial charge on any atom is 0.0346 e. The third-order valence-electron chi connectivity index (χ3n) is 2.73. The van der Waals surface area contributed by atoms with Crippen LogP contribution in [0.5, 0.6) is 0 Å². The molecule has 1 aromatic carbocycles. The Kier molecular flexibility index (Phi) is 2.82. The first-order chi connectivity index (χ1) is 6.66. The van der Waals surface area contributed by atoms with Gasteiger partial charge in [-0.25, -0.2) is 0 Å². The standard InChI is InChI=1S/C12H16BrN/c1-8-5-11(6-9(2)12(8)13)14-7-10-3-4-10/h5-6,10,14H,3-4,7H2,1-2H3. The molecule has 0 spiro atoms. The third kappa shape index (κ3) is 2.30. The second-order valence-electron chi connectivity index (χ2n) is 4.25. The molecule has 0 aromatic heterocycles. The Balaban J connectivity index is 2.08. The lowest BCUT2D eigenvalue weighted by Gasteiger charge is -2.09. The van der Waals surface area contributed by atoms with Crippen LogP contribution in [0.4, 0.5) is 5.69 Å². The van der Waals surface area contributed by atoms with Gasteiger partial charge in [-0.2, -0.15) is 0 Å². The van der Waals surface area contributed by atoms with Crippen molar-refractivity contribution in [3.8, 4) is 0 Å². The van der Waals surface area contributed by atoms with Gasteiger partial charge in [-0.05, 0) is 55.9 Å². The molecule has 0 radical (unpaired) electrons. The van der Waals surface area contributed by atoms with Gasteiger partial charge in [-0.3, -0.25) is 0 Å². The topological polar surface area (TPSA) is 12.0 Å². The molecule has 1 N–H and O–H groups in total. The number of halogens is 1. The van der Waals surface area contributed by atoms with E-state index in [1.54, 1.807) is 0 Å². The zero-order valence-electron chi connectivity index (χ0n) is 8.73. The number of rotatable bonds is 3. The lowest BCUT2D eigenvalue weighted by atomic mass is 10.1. The van der Waals surface area contributed by atoms with E-state index in [1.165, 1.54) is 34.1 Å². The normalized spacial score (nSPS) is 15.6. The fourth-order valence-electron chi connectivity index (χ4n) is 1.63. The molecule has 1 nitrogen and oxygen atoms in total. The van der Waals surface area contributed by atoms with Crippen LogP contribution in [0.3, 0.4) is 0 Å². The van der Waals surface area contributed by atoms with Crippen LogP contribution >= 0.6 is 15.9 Å². The van der Waals surface area contributed by atoms with E-state index in [9.17, 15) is 0 Å². The summed E-state index contributed by atoms with van der Waals surface area (Å²) in [5.41, 5.74) is 3.88. The minimum Gasteiger partial charge on any atom is -0.385 e. The SMILES string of the molecule is Cc1cc(NCC2CC2)cc(C)c1Br. The summed E-state index contributed by atoms with van der Waals surface area (Å²) >= 11 is 3.58. The first-order valence-electron chi connectivity index (χ1n) is 5.17. The van der Waals surface area contributed by atoms with E-state index in [1.807, 2.05) is 0 Å². The molecule has 0 heterocycles. The molecule has 0 saturated heterocycles. The lowest BCUT2D eigenvalue weighted by Crippen LogP contribution is -2.03. The van der Waals surface area contributed by atoms with Gasteiger partial charge < -0.3 is 5.32 Å². The fraction of sp³-hybridized carbons (Fsp3) is 0.500. The van der Waals surface area contributed by atoms with Gasteiger partial charge in [0, 0.05) is 16.7 Å².